The number of anilines is 4. The van der Waals surface area contributed by atoms with Gasteiger partial charge in [0.2, 0.25) is 11.8 Å². The number of benzene rings is 4. The zero-order valence-corrected chi connectivity index (χ0v) is 34.7. The van der Waals surface area contributed by atoms with Crippen molar-refractivity contribution in [1.29, 1.82) is 0 Å². The average molecular weight is 846 g/mol. The summed E-state index contributed by atoms with van der Waals surface area (Å²) in [6, 6.07) is 23.7. The van der Waals surface area contributed by atoms with Gasteiger partial charge in [-0.2, -0.15) is 5.10 Å². The Labute approximate surface area is 359 Å². The average Bonchev–Trinajstić information content (AvgIpc) is 3.66. The predicted molar refractivity (Wildman–Crippen MR) is 235 cm³/mol. The molecular weight excluding hydrogens is 793 g/mol. The third-order valence-electron chi connectivity index (χ3n) is 12.7. The number of hydrogen-bond donors (Lipinski definition) is 5. The highest BCUT2D eigenvalue weighted by Gasteiger charge is 2.30. The number of imide groups is 1. The number of hydrogen-bond acceptors (Lipinski definition) is 10. The molecule has 13 nitrogen and oxygen atoms in total. The summed E-state index contributed by atoms with van der Waals surface area (Å²) in [7, 11) is 0. The maximum atomic E-state index is 14.0. The number of H-pyrrole nitrogens is 1. The lowest BCUT2D eigenvalue weighted by Gasteiger charge is -2.43. The van der Waals surface area contributed by atoms with E-state index in [0.29, 0.717) is 60.8 Å². The van der Waals surface area contributed by atoms with Crippen molar-refractivity contribution in [2.24, 2.45) is 0 Å². The van der Waals surface area contributed by atoms with Crippen molar-refractivity contribution in [1.82, 2.24) is 25.3 Å². The number of aromatic amines is 1. The maximum Gasteiger partial charge on any atom is 0.258 e. The summed E-state index contributed by atoms with van der Waals surface area (Å²) in [5.74, 6) is -1.62. The number of fused-ring (bicyclic) bond motifs is 1. The summed E-state index contributed by atoms with van der Waals surface area (Å²) in [4.78, 5) is 45.4. The first-order valence-electron chi connectivity index (χ1n) is 21.8. The number of nitrogens with one attached hydrogen (secondary N) is 5. The second kappa shape index (κ2) is 18.6. The molecule has 4 fully saturated rings. The molecule has 5 N–H and O–H groups in total. The Morgan fingerprint density at radius 1 is 0.790 bits per heavy atom. The molecule has 1 atom stereocenters. The van der Waals surface area contributed by atoms with E-state index in [1.165, 1.54) is 17.7 Å². The van der Waals surface area contributed by atoms with Crippen LogP contribution in [0.1, 0.15) is 65.6 Å². The first-order chi connectivity index (χ1) is 30.2. The molecule has 0 saturated carbocycles. The van der Waals surface area contributed by atoms with E-state index in [1.807, 2.05) is 42.5 Å². The topological polar surface area (TPSA) is 147 Å². The number of ether oxygens (including phenoxy) is 1. The smallest absolute Gasteiger partial charge is 0.258 e. The number of halogens is 2. The summed E-state index contributed by atoms with van der Waals surface area (Å²) in [5, 5.41) is 20.6. The first-order valence-corrected chi connectivity index (χ1v) is 21.8. The van der Waals surface area contributed by atoms with E-state index in [9.17, 15) is 23.2 Å². The van der Waals surface area contributed by atoms with Gasteiger partial charge in [0, 0.05) is 93.0 Å². The van der Waals surface area contributed by atoms with Crippen molar-refractivity contribution < 1.29 is 27.9 Å². The fraction of sp³-hybridized carbons (Fsp3) is 0.404. The van der Waals surface area contributed by atoms with E-state index >= 15 is 0 Å². The lowest BCUT2D eigenvalue weighted by Crippen LogP contribution is -2.53. The number of aromatic nitrogens is 2. The quantitative estimate of drug-likeness (QED) is 0.0911. The molecule has 1 unspecified atom stereocenters. The molecule has 9 rings (SSSR count). The Morgan fingerprint density at radius 3 is 2.35 bits per heavy atom. The number of likely N-dealkylation sites (tertiary alicyclic amines) is 1. The first kappa shape index (κ1) is 41.5. The molecule has 5 aromatic rings. The number of piperidine rings is 2. The molecule has 0 bridgehead atoms. The van der Waals surface area contributed by atoms with Crippen LogP contribution in [-0.2, 0) is 27.3 Å². The molecule has 62 heavy (non-hydrogen) atoms. The Balaban J connectivity index is 0.813. The summed E-state index contributed by atoms with van der Waals surface area (Å²) < 4.78 is 33.4. The minimum atomic E-state index is -0.621. The molecule has 1 aromatic heterocycles. The number of amides is 3. The molecule has 4 saturated heterocycles. The van der Waals surface area contributed by atoms with Gasteiger partial charge in [-0.3, -0.25) is 34.6 Å². The zero-order chi connectivity index (χ0) is 42.6. The number of rotatable bonds is 12. The van der Waals surface area contributed by atoms with Gasteiger partial charge >= 0.3 is 0 Å². The fourth-order valence-electron chi connectivity index (χ4n) is 9.34. The molecule has 4 aromatic carbocycles. The highest BCUT2D eigenvalue weighted by molar-refractivity contribution is 6.11. The van der Waals surface area contributed by atoms with E-state index in [4.69, 9.17) is 4.74 Å². The minimum Gasteiger partial charge on any atom is -0.381 e. The molecule has 324 valence electrons. The third kappa shape index (κ3) is 9.90. The Morgan fingerprint density at radius 2 is 1.58 bits per heavy atom. The van der Waals surface area contributed by atoms with Gasteiger partial charge in [-0.05, 0) is 123 Å². The van der Waals surface area contributed by atoms with Crippen LogP contribution in [0.25, 0.3) is 10.9 Å². The van der Waals surface area contributed by atoms with Crippen molar-refractivity contribution >= 4 is 51.5 Å². The lowest BCUT2D eigenvalue weighted by atomic mass is 10.0. The van der Waals surface area contributed by atoms with Gasteiger partial charge in [-0.15, -0.1) is 0 Å². The van der Waals surface area contributed by atoms with Gasteiger partial charge < -0.3 is 25.6 Å². The van der Waals surface area contributed by atoms with Crippen LogP contribution in [0.2, 0.25) is 0 Å². The number of carbonyl (C=O) groups excluding carboxylic acids is 3. The van der Waals surface area contributed by atoms with E-state index in [-0.39, 0.29) is 23.8 Å². The second-order valence-electron chi connectivity index (χ2n) is 17.0. The summed E-state index contributed by atoms with van der Waals surface area (Å²) in [6.45, 7) is 7.93. The molecule has 15 heteroatoms. The van der Waals surface area contributed by atoms with Gasteiger partial charge in [-0.1, -0.05) is 18.2 Å². The van der Waals surface area contributed by atoms with Crippen LogP contribution in [0, 0.1) is 11.6 Å². The maximum absolute atomic E-state index is 14.0. The van der Waals surface area contributed by atoms with Gasteiger partial charge in [0.1, 0.15) is 17.7 Å². The molecule has 4 aliphatic heterocycles. The van der Waals surface area contributed by atoms with Gasteiger partial charge in [0.15, 0.2) is 5.82 Å². The van der Waals surface area contributed by atoms with Crippen LogP contribution in [0.4, 0.5) is 31.7 Å². The largest absolute Gasteiger partial charge is 0.381 e. The van der Waals surface area contributed by atoms with Gasteiger partial charge in [-0.25, -0.2) is 8.78 Å². The van der Waals surface area contributed by atoms with E-state index < -0.39 is 17.7 Å². The minimum absolute atomic E-state index is 0.174. The molecule has 5 heterocycles. The van der Waals surface area contributed by atoms with E-state index in [0.717, 1.165) is 106 Å². The highest BCUT2D eigenvalue weighted by Crippen LogP contribution is 2.31. The normalized spacial score (nSPS) is 19.7. The Kier molecular flexibility index (Phi) is 12.4. The van der Waals surface area contributed by atoms with Crippen molar-refractivity contribution in [2.75, 3.05) is 73.3 Å². The number of piperazine rings is 1. The molecule has 4 aliphatic rings. The number of carbonyl (C=O) groups is 3. The fourth-order valence-corrected chi connectivity index (χ4v) is 9.34. The SMILES string of the molecule is O=C1CCC(Nc2cccc(CN3CCC(N4CCN(c5ccc(C(=O)Nc6n[nH]c7ccc(Cc8cc(F)cc(F)c8)cc67)c(NC6CCOCC6)c5)CC4)CC3)c2)C(=O)N1. The molecule has 0 radical (unpaired) electrons. The molecule has 0 spiro atoms. The number of nitrogens with zero attached hydrogens (tertiary/aromatic N) is 4. The van der Waals surface area contributed by atoms with Crippen LogP contribution in [0.5, 0.6) is 0 Å². The van der Waals surface area contributed by atoms with Crippen LogP contribution in [-0.4, -0.2) is 108 Å². The monoisotopic (exact) mass is 845 g/mol. The predicted octanol–water partition coefficient (Wildman–Crippen LogP) is 6.28. The van der Waals surface area contributed by atoms with Gasteiger partial charge in [0.25, 0.3) is 5.91 Å². The van der Waals surface area contributed by atoms with Crippen molar-refractivity contribution in [3.05, 3.63) is 113 Å². The van der Waals surface area contributed by atoms with Crippen LogP contribution in [0.3, 0.4) is 0 Å². The van der Waals surface area contributed by atoms with Crippen LogP contribution < -0.4 is 26.2 Å². The molecular formula is C47H53F2N9O4. The zero-order valence-electron chi connectivity index (χ0n) is 34.7. The van der Waals surface area contributed by atoms with Crippen LogP contribution in [0.15, 0.2) is 78.9 Å². The summed E-state index contributed by atoms with van der Waals surface area (Å²) >= 11 is 0. The Hall–Kier alpha value is -5.90. The lowest BCUT2D eigenvalue weighted by molar-refractivity contribution is -0.133. The van der Waals surface area contributed by atoms with Crippen molar-refractivity contribution in [3.63, 3.8) is 0 Å². The summed E-state index contributed by atoms with van der Waals surface area (Å²) in [5.41, 5.74) is 6.54. The Bertz CT molecular complexity index is 2400. The van der Waals surface area contributed by atoms with Crippen LogP contribution >= 0.6 is 0 Å². The van der Waals surface area contributed by atoms with E-state index in [2.05, 4.69) is 64.4 Å². The summed E-state index contributed by atoms with van der Waals surface area (Å²) in [6.07, 6.45) is 5.08. The standard InChI is InChI=1S/C47H53F2N9O4/c48-33-23-32(24-34(49)27-33)22-30-4-7-41-40(26-30)45(55-54-41)53-46(60)39-6-5-38(28-43(39)50-35-12-20-62-21-13-35)58-18-16-57(17-19-58)37-10-14-56(15-11-37)29-31-2-1-3-36(25-31)51-42-8-9-44(59)52-47(42)61/h1-7,23-28,35,37,42,50-51H,8-22,29H2,(H,52,59,61)(H2,53,54,55,60). The molecule has 0 aliphatic carbocycles. The van der Waals surface area contributed by atoms with Gasteiger partial charge in [0.05, 0.1) is 11.1 Å². The van der Waals surface area contributed by atoms with Crippen molar-refractivity contribution in [3.8, 4) is 0 Å². The van der Waals surface area contributed by atoms with E-state index in [1.54, 1.807) is 0 Å². The van der Waals surface area contributed by atoms with Crippen molar-refractivity contribution in [2.45, 2.75) is 69.6 Å². The molecule has 3 amide bonds. The highest BCUT2D eigenvalue weighted by atomic mass is 19.1. The second-order valence-corrected chi connectivity index (χ2v) is 17.0. The third-order valence-corrected chi connectivity index (χ3v) is 12.7.